The largest absolute Gasteiger partial charge is 0.377 e. The van der Waals surface area contributed by atoms with Crippen molar-refractivity contribution in [1.82, 2.24) is 10.2 Å². The Labute approximate surface area is 105 Å². The number of fused-ring (bicyclic) bond motifs is 1. The molecule has 2 heterocycles. The van der Waals surface area contributed by atoms with Crippen molar-refractivity contribution in [3.05, 3.63) is 0 Å². The maximum atomic E-state index is 5.61. The maximum Gasteiger partial charge on any atom is 0.0700 e. The minimum absolute atomic E-state index is 0.493. The van der Waals surface area contributed by atoms with Crippen LogP contribution in [0, 0.1) is 11.8 Å². The number of likely N-dealkylation sites (tertiary alicyclic amines) is 1. The van der Waals surface area contributed by atoms with Crippen molar-refractivity contribution in [2.45, 2.75) is 38.2 Å². The van der Waals surface area contributed by atoms with Crippen molar-refractivity contribution in [3.63, 3.8) is 0 Å². The van der Waals surface area contributed by atoms with Gasteiger partial charge in [0.25, 0.3) is 0 Å². The zero-order valence-electron chi connectivity index (χ0n) is 10.9. The Kier molecular flexibility index (Phi) is 3.99. The lowest BCUT2D eigenvalue weighted by Crippen LogP contribution is -2.34. The Bertz CT molecular complexity index is 228. The van der Waals surface area contributed by atoms with Crippen molar-refractivity contribution >= 4 is 0 Å². The van der Waals surface area contributed by atoms with Crippen molar-refractivity contribution in [3.8, 4) is 0 Å². The quantitative estimate of drug-likeness (QED) is 0.734. The van der Waals surface area contributed by atoms with E-state index in [1.165, 1.54) is 51.7 Å². The molecule has 0 bridgehead atoms. The van der Waals surface area contributed by atoms with Crippen LogP contribution in [0.3, 0.4) is 0 Å². The Morgan fingerprint density at radius 3 is 2.59 bits per heavy atom. The molecular weight excluding hydrogens is 212 g/mol. The van der Waals surface area contributed by atoms with E-state index in [0.717, 1.165) is 31.5 Å². The molecule has 3 aliphatic rings. The van der Waals surface area contributed by atoms with Crippen LogP contribution < -0.4 is 5.32 Å². The Morgan fingerprint density at radius 2 is 1.88 bits per heavy atom. The van der Waals surface area contributed by atoms with Crippen molar-refractivity contribution in [2.24, 2.45) is 11.8 Å². The first-order chi connectivity index (χ1) is 8.42. The van der Waals surface area contributed by atoms with Crippen molar-refractivity contribution in [2.75, 3.05) is 39.3 Å². The maximum absolute atomic E-state index is 5.61. The number of ether oxygens (including phenoxy) is 1. The Morgan fingerprint density at radius 1 is 1.06 bits per heavy atom. The zero-order chi connectivity index (χ0) is 11.5. The van der Waals surface area contributed by atoms with E-state index >= 15 is 0 Å². The van der Waals surface area contributed by atoms with Gasteiger partial charge in [-0.3, -0.25) is 0 Å². The summed E-state index contributed by atoms with van der Waals surface area (Å²) in [5.41, 5.74) is 0. The third-order valence-corrected chi connectivity index (χ3v) is 4.80. The second-order valence-corrected chi connectivity index (χ2v) is 6.05. The number of nitrogens with one attached hydrogen (secondary N) is 1. The minimum Gasteiger partial charge on any atom is -0.377 e. The summed E-state index contributed by atoms with van der Waals surface area (Å²) in [6, 6.07) is 0. The molecular formula is C14H26N2O. The van der Waals surface area contributed by atoms with Crippen LogP contribution in [0.5, 0.6) is 0 Å². The fourth-order valence-electron chi connectivity index (χ4n) is 3.82. The first-order valence-electron chi connectivity index (χ1n) is 7.46. The highest BCUT2D eigenvalue weighted by Gasteiger charge is 2.35. The smallest absolute Gasteiger partial charge is 0.0700 e. The van der Waals surface area contributed by atoms with Crippen molar-refractivity contribution in [1.29, 1.82) is 0 Å². The summed E-state index contributed by atoms with van der Waals surface area (Å²) < 4.78 is 5.61. The summed E-state index contributed by atoms with van der Waals surface area (Å²) in [6.45, 7) is 7.14. The molecule has 1 aliphatic carbocycles. The van der Waals surface area contributed by atoms with Gasteiger partial charge in [0.05, 0.1) is 6.10 Å². The number of nitrogens with zero attached hydrogens (tertiary/aromatic N) is 1. The van der Waals surface area contributed by atoms with Gasteiger partial charge in [-0.2, -0.15) is 0 Å². The summed E-state index contributed by atoms with van der Waals surface area (Å²) in [4.78, 5) is 2.66. The predicted molar refractivity (Wildman–Crippen MR) is 69.1 cm³/mol. The second kappa shape index (κ2) is 5.68. The molecule has 1 saturated carbocycles. The molecule has 3 atom stereocenters. The summed E-state index contributed by atoms with van der Waals surface area (Å²) >= 11 is 0. The van der Waals surface area contributed by atoms with E-state index in [0.29, 0.717) is 6.10 Å². The fourth-order valence-corrected chi connectivity index (χ4v) is 3.82. The van der Waals surface area contributed by atoms with Gasteiger partial charge in [0.1, 0.15) is 0 Å². The molecule has 3 fully saturated rings. The SMILES string of the molecule is C1COC(CNCCN2CC3CCCC3C2)C1. The molecule has 3 unspecified atom stereocenters. The van der Waals surface area contributed by atoms with Gasteiger partial charge in [0.2, 0.25) is 0 Å². The Balaban J connectivity index is 1.27. The molecule has 98 valence electrons. The van der Waals surface area contributed by atoms with Crippen LogP contribution in [-0.2, 0) is 4.74 Å². The monoisotopic (exact) mass is 238 g/mol. The predicted octanol–water partition coefficient (Wildman–Crippen LogP) is 1.49. The number of rotatable bonds is 5. The average molecular weight is 238 g/mol. The molecule has 1 N–H and O–H groups in total. The highest BCUT2D eigenvalue weighted by molar-refractivity contribution is 4.88. The highest BCUT2D eigenvalue weighted by atomic mass is 16.5. The standard InChI is InChI=1S/C14H26N2O/c1-3-12-10-16(11-13(12)4-1)7-6-15-9-14-5-2-8-17-14/h12-15H,1-11H2. The van der Waals surface area contributed by atoms with E-state index in [4.69, 9.17) is 4.74 Å². The molecule has 0 aromatic carbocycles. The Hall–Kier alpha value is -0.120. The molecule has 2 saturated heterocycles. The summed E-state index contributed by atoms with van der Waals surface area (Å²) in [6.07, 6.45) is 7.46. The van der Waals surface area contributed by atoms with Gasteiger partial charge in [-0.05, 0) is 37.5 Å². The minimum atomic E-state index is 0.493. The molecule has 2 aliphatic heterocycles. The van der Waals surface area contributed by atoms with E-state index in [-0.39, 0.29) is 0 Å². The lowest BCUT2D eigenvalue weighted by molar-refractivity contribution is 0.109. The molecule has 0 radical (unpaired) electrons. The number of hydrogen-bond acceptors (Lipinski definition) is 3. The molecule has 0 aromatic heterocycles. The first-order valence-corrected chi connectivity index (χ1v) is 7.46. The van der Waals surface area contributed by atoms with E-state index in [1.54, 1.807) is 0 Å². The first kappa shape index (κ1) is 11.9. The molecule has 3 rings (SSSR count). The van der Waals surface area contributed by atoms with E-state index < -0.39 is 0 Å². The van der Waals surface area contributed by atoms with E-state index in [9.17, 15) is 0 Å². The van der Waals surface area contributed by atoms with Gasteiger partial charge in [-0.1, -0.05) is 6.42 Å². The lowest BCUT2D eigenvalue weighted by atomic mass is 10.0. The highest BCUT2D eigenvalue weighted by Crippen LogP contribution is 2.37. The van der Waals surface area contributed by atoms with Crippen LogP contribution in [0.25, 0.3) is 0 Å². The van der Waals surface area contributed by atoms with Crippen LogP contribution in [0.2, 0.25) is 0 Å². The van der Waals surface area contributed by atoms with Crippen LogP contribution in [0.4, 0.5) is 0 Å². The summed E-state index contributed by atoms with van der Waals surface area (Å²) in [7, 11) is 0. The lowest BCUT2D eigenvalue weighted by Gasteiger charge is -2.18. The van der Waals surface area contributed by atoms with Gasteiger partial charge in [-0.25, -0.2) is 0 Å². The zero-order valence-corrected chi connectivity index (χ0v) is 10.9. The molecule has 3 heteroatoms. The van der Waals surface area contributed by atoms with Gasteiger partial charge < -0.3 is 15.0 Å². The van der Waals surface area contributed by atoms with Gasteiger partial charge in [-0.15, -0.1) is 0 Å². The van der Waals surface area contributed by atoms with Crippen LogP contribution in [0.15, 0.2) is 0 Å². The molecule has 3 nitrogen and oxygen atoms in total. The van der Waals surface area contributed by atoms with Gasteiger partial charge in [0.15, 0.2) is 0 Å². The van der Waals surface area contributed by atoms with E-state index in [2.05, 4.69) is 10.2 Å². The topological polar surface area (TPSA) is 24.5 Å². The van der Waals surface area contributed by atoms with Crippen LogP contribution in [-0.4, -0.2) is 50.3 Å². The summed E-state index contributed by atoms with van der Waals surface area (Å²) in [5.74, 6) is 2.07. The molecule has 0 amide bonds. The average Bonchev–Trinajstić information content (AvgIpc) is 3.00. The molecule has 0 aromatic rings. The van der Waals surface area contributed by atoms with Crippen molar-refractivity contribution < 1.29 is 4.74 Å². The van der Waals surface area contributed by atoms with E-state index in [1.807, 2.05) is 0 Å². The second-order valence-electron chi connectivity index (χ2n) is 6.05. The van der Waals surface area contributed by atoms with Crippen LogP contribution in [0.1, 0.15) is 32.1 Å². The summed E-state index contributed by atoms with van der Waals surface area (Å²) in [5, 5.41) is 3.55. The van der Waals surface area contributed by atoms with Crippen LogP contribution >= 0.6 is 0 Å². The normalized spacial score (nSPS) is 37.8. The third-order valence-electron chi connectivity index (χ3n) is 4.80. The van der Waals surface area contributed by atoms with Gasteiger partial charge in [0, 0.05) is 39.3 Å². The number of hydrogen-bond donors (Lipinski definition) is 1. The fraction of sp³-hybridized carbons (Fsp3) is 1.00. The van der Waals surface area contributed by atoms with Gasteiger partial charge >= 0.3 is 0 Å². The molecule has 0 spiro atoms. The third kappa shape index (κ3) is 3.01. The molecule has 17 heavy (non-hydrogen) atoms.